The second-order valence-corrected chi connectivity index (χ2v) is 4.74. The van der Waals surface area contributed by atoms with Crippen LogP contribution in [0, 0.1) is 6.92 Å². The SMILES string of the molecule is CCCCNc1nccn1-c1ccc(C)c(Cl)c1. The lowest BCUT2D eigenvalue weighted by Crippen LogP contribution is -2.07. The summed E-state index contributed by atoms with van der Waals surface area (Å²) in [5.41, 5.74) is 2.11. The van der Waals surface area contributed by atoms with Gasteiger partial charge in [0.05, 0.1) is 0 Å². The molecule has 0 bridgehead atoms. The van der Waals surface area contributed by atoms with Crippen molar-refractivity contribution in [3.63, 3.8) is 0 Å². The standard InChI is InChI=1S/C14H18ClN3/c1-3-4-7-16-14-17-8-9-18(14)12-6-5-11(2)13(15)10-12/h5-6,8-10H,3-4,7H2,1-2H3,(H,16,17). The average molecular weight is 264 g/mol. The summed E-state index contributed by atoms with van der Waals surface area (Å²) in [7, 11) is 0. The van der Waals surface area contributed by atoms with Crippen molar-refractivity contribution < 1.29 is 0 Å². The Bertz CT molecular complexity index is 520. The van der Waals surface area contributed by atoms with Gasteiger partial charge in [-0.15, -0.1) is 0 Å². The molecule has 0 amide bonds. The molecule has 0 aliphatic carbocycles. The van der Waals surface area contributed by atoms with Gasteiger partial charge in [-0.2, -0.15) is 0 Å². The highest BCUT2D eigenvalue weighted by Crippen LogP contribution is 2.21. The first-order valence-electron chi connectivity index (χ1n) is 6.26. The van der Waals surface area contributed by atoms with Crippen LogP contribution in [0.4, 0.5) is 5.95 Å². The minimum Gasteiger partial charge on any atom is -0.355 e. The Labute approximate surface area is 113 Å². The Kier molecular flexibility index (Phi) is 4.26. The van der Waals surface area contributed by atoms with Crippen LogP contribution in [-0.4, -0.2) is 16.1 Å². The lowest BCUT2D eigenvalue weighted by molar-refractivity contribution is 0.823. The van der Waals surface area contributed by atoms with Crippen molar-refractivity contribution in [1.29, 1.82) is 0 Å². The zero-order valence-electron chi connectivity index (χ0n) is 10.8. The van der Waals surface area contributed by atoms with E-state index in [9.17, 15) is 0 Å². The van der Waals surface area contributed by atoms with Gasteiger partial charge in [-0.05, 0) is 31.0 Å². The molecule has 3 nitrogen and oxygen atoms in total. The molecule has 0 spiro atoms. The Morgan fingerprint density at radius 2 is 2.22 bits per heavy atom. The molecule has 0 aliphatic rings. The minimum atomic E-state index is 0.778. The highest BCUT2D eigenvalue weighted by atomic mass is 35.5. The van der Waals surface area contributed by atoms with Crippen LogP contribution in [0.5, 0.6) is 0 Å². The Hall–Kier alpha value is -1.48. The maximum absolute atomic E-state index is 6.16. The lowest BCUT2D eigenvalue weighted by atomic mass is 10.2. The number of aryl methyl sites for hydroxylation is 1. The fourth-order valence-electron chi connectivity index (χ4n) is 1.75. The highest BCUT2D eigenvalue weighted by Gasteiger charge is 2.05. The summed E-state index contributed by atoms with van der Waals surface area (Å²) in [5, 5.41) is 4.11. The number of hydrogen-bond donors (Lipinski definition) is 1. The molecule has 96 valence electrons. The van der Waals surface area contributed by atoms with Gasteiger partial charge < -0.3 is 5.32 Å². The van der Waals surface area contributed by atoms with Crippen molar-refractivity contribution in [2.75, 3.05) is 11.9 Å². The van der Waals surface area contributed by atoms with Crippen LogP contribution >= 0.6 is 11.6 Å². The summed E-state index contributed by atoms with van der Waals surface area (Å²) in [5.74, 6) is 0.864. The number of unbranched alkanes of at least 4 members (excludes halogenated alkanes) is 1. The number of hydrogen-bond acceptors (Lipinski definition) is 2. The molecular formula is C14H18ClN3. The monoisotopic (exact) mass is 263 g/mol. The fraction of sp³-hybridized carbons (Fsp3) is 0.357. The quantitative estimate of drug-likeness (QED) is 0.825. The molecule has 0 unspecified atom stereocenters. The van der Waals surface area contributed by atoms with E-state index in [0.717, 1.165) is 35.2 Å². The Morgan fingerprint density at radius 3 is 2.94 bits per heavy atom. The van der Waals surface area contributed by atoms with Crippen LogP contribution in [0.15, 0.2) is 30.6 Å². The number of nitrogens with zero attached hydrogens (tertiary/aromatic N) is 2. The third kappa shape index (κ3) is 2.85. The number of rotatable bonds is 5. The van der Waals surface area contributed by atoms with Gasteiger partial charge in [-0.3, -0.25) is 4.57 Å². The van der Waals surface area contributed by atoms with Gasteiger partial charge in [0.2, 0.25) is 5.95 Å². The number of nitrogens with one attached hydrogen (secondary N) is 1. The van der Waals surface area contributed by atoms with Gasteiger partial charge in [0.1, 0.15) is 0 Å². The average Bonchev–Trinajstić information content (AvgIpc) is 2.81. The van der Waals surface area contributed by atoms with Gasteiger partial charge in [0.15, 0.2) is 0 Å². The lowest BCUT2D eigenvalue weighted by Gasteiger charge is -2.10. The normalized spacial score (nSPS) is 10.6. The van der Waals surface area contributed by atoms with Gasteiger partial charge in [0.25, 0.3) is 0 Å². The van der Waals surface area contributed by atoms with E-state index < -0.39 is 0 Å². The topological polar surface area (TPSA) is 29.9 Å². The molecule has 2 rings (SSSR count). The molecular weight excluding hydrogens is 246 g/mol. The molecule has 1 aromatic carbocycles. The van der Waals surface area contributed by atoms with Crippen LogP contribution in [0.1, 0.15) is 25.3 Å². The molecule has 1 heterocycles. The number of imidazole rings is 1. The molecule has 0 atom stereocenters. The zero-order chi connectivity index (χ0) is 13.0. The molecule has 1 N–H and O–H groups in total. The van der Waals surface area contributed by atoms with E-state index in [0.29, 0.717) is 0 Å². The number of halogens is 1. The van der Waals surface area contributed by atoms with Crippen molar-refractivity contribution in [3.05, 3.63) is 41.2 Å². The van der Waals surface area contributed by atoms with Crippen LogP contribution in [0.25, 0.3) is 5.69 Å². The van der Waals surface area contributed by atoms with E-state index >= 15 is 0 Å². The van der Waals surface area contributed by atoms with Crippen LogP contribution in [0.2, 0.25) is 5.02 Å². The molecule has 0 saturated heterocycles. The van der Waals surface area contributed by atoms with Crippen molar-refractivity contribution in [3.8, 4) is 5.69 Å². The first kappa shape index (κ1) is 13.0. The number of benzene rings is 1. The largest absolute Gasteiger partial charge is 0.355 e. The van der Waals surface area contributed by atoms with E-state index in [1.165, 1.54) is 6.42 Å². The van der Waals surface area contributed by atoms with Crippen LogP contribution < -0.4 is 5.32 Å². The predicted molar refractivity (Wildman–Crippen MR) is 76.7 cm³/mol. The second-order valence-electron chi connectivity index (χ2n) is 4.33. The van der Waals surface area contributed by atoms with Gasteiger partial charge in [-0.1, -0.05) is 31.0 Å². The van der Waals surface area contributed by atoms with Crippen molar-refractivity contribution >= 4 is 17.5 Å². The van der Waals surface area contributed by atoms with Gasteiger partial charge in [-0.25, -0.2) is 4.98 Å². The van der Waals surface area contributed by atoms with Crippen molar-refractivity contribution in [2.45, 2.75) is 26.7 Å². The Balaban J connectivity index is 2.22. The molecule has 4 heteroatoms. The molecule has 2 aromatic rings. The Morgan fingerprint density at radius 1 is 1.39 bits per heavy atom. The molecule has 0 radical (unpaired) electrons. The fourth-order valence-corrected chi connectivity index (χ4v) is 1.93. The molecule has 0 saturated carbocycles. The summed E-state index contributed by atoms with van der Waals surface area (Å²) < 4.78 is 2.01. The summed E-state index contributed by atoms with van der Waals surface area (Å²) in [4.78, 5) is 4.33. The van der Waals surface area contributed by atoms with Crippen LogP contribution in [0.3, 0.4) is 0 Å². The zero-order valence-corrected chi connectivity index (χ0v) is 11.5. The first-order valence-corrected chi connectivity index (χ1v) is 6.64. The molecule has 18 heavy (non-hydrogen) atoms. The molecule has 0 fully saturated rings. The summed E-state index contributed by atoms with van der Waals surface area (Å²) in [6, 6.07) is 6.03. The van der Waals surface area contributed by atoms with E-state index in [1.807, 2.05) is 35.9 Å². The summed E-state index contributed by atoms with van der Waals surface area (Å²) in [6.07, 6.45) is 6.04. The van der Waals surface area contributed by atoms with E-state index in [-0.39, 0.29) is 0 Å². The third-order valence-corrected chi connectivity index (χ3v) is 3.29. The van der Waals surface area contributed by atoms with Crippen molar-refractivity contribution in [2.24, 2.45) is 0 Å². The van der Waals surface area contributed by atoms with Gasteiger partial charge >= 0.3 is 0 Å². The number of aromatic nitrogens is 2. The summed E-state index contributed by atoms with van der Waals surface area (Å²) >= 11 is 6.16. The maximum atomic E-state index is 6.16. The maximum Gasteiger partial charge on any atom is 0.207 e. The minimum absolute atomic E-state index is 0.778. The third-order valence-electron chi connectivity index (χ3n) is 2.89. The molecule has 0 aliphatic heterocycles. The predicted octanol–water partition coefficient (Wildman–Crippen LogP) is 4.05. The van der Waals surface area contributed by atoms with Gasteiger partial charge in [0, 0.05) is 29.6 Å². The first-order chi connectivity index (χ1) is 8.72. The van der Waals surface area contributed by atoms with E-state index in [1.54, 1.807) is 6.20 Å². The summed E-state index contributed by atoms with van der Waals surface area (Å²) in [6.45, 7) is 5.11. The van der Waals surface area contributed by atoms with Crippen molar-refractivity contribution in [1.82, 2.24) is 9.55 Å². The van der Waals surface area contributed by atoms with Crippen LogP contribution in [-0.2, 0) is 0 Å². The number of anilines is 1. The smallest absolute Gasteiger partial charge is 0.207 e. The van der Waals surface area contributed by atoms with E-state index in [2.05, 4.69) is 17.2 Å². The molecule has 1 aromatic heterocycles. The van der Waals surface area contributed by atoms with E-state index in [4.69, 9.17) is 11.6 Å². The second kappa shape index (κ2) is 5.91. The highest BCUT2D eigenvalue weighted by molar-refractivity contribution is 6.31.